The summed E-state index contributed by atoms with van der Waals surface area (Å²) >= 11 is 0. The lowest BCUT2D eigenvalue weighted by Gasteiger charge is -2.13. The van der Waals surface area contributed by atoms with E-state index in [1.165, 1.54) is 7.11 Å². The molecule has 0 unspecified atom stereocenters. The highest BCUT2D eigenvalue weighted by Crippen LogP contribution is 2.34. The van der Waals surface area contributed by atoms with E-state index >= 15 is 0 Å². The lowest BCUT2D eigenvalue weighted by Crippen LogP contribution is -2.19. The van der Waals surface area contributed by atoms with E-state index in [2.05, 4.69) is 20.3 Å². The molecule has 2 aromatic rings. The van der Waals surface area contributed by atoms with Crippen LogP contribution in [-0.2, 0) is 11.8 Å². The molecule has 0 fully saturated rings. The van der Waals surface area contributed by atoms with Crippen molar-refractivity contribution >= 4 is 28.7 Å². The third kappa shape index (κ3) is 2.01. The van der Waals surface area contributed by atoms with Gasteiger partial charge in [-0.2, -0.15) is 0 Å². The Morgan fingerprint density at radius 3 is 2.88 bits per heavy atom. The second kappa shape index (κ2) is 5.23. The summed E-state index contributed by atoms with van der Waals surface area (Å²) in [7, 11) is 3.23. The molecule has 0 aliphatic carbocycles. The fraction of sp³-hybridized carbons (Fsp3) is 0.235. The summed E-state index contributed by atoms with van der Waals surface area (Å²) in [5, 5.41) is 8.13. The molecule has 2 aliphatic heterocycles. The second-order valence-corrected chi connectivity index (χ2v) is 5.67. The Balaban J connectivity index is 1.80. The van der Waals surface area contributed by atoms with Crippen LogP contribution in [0.5, 0.6) is 0 Å². The summed E-state index contributed by atoms with van der Waals surface area (Å²) in [4.78, 5) is 21.3. The summed E-state index contributed by atoms with van der Waals surface area (Å²) in [6.45, 7) is 2.41. The Morgan fingerprint density at radius 1 is 1.33 bits per heavy atom. The van der Waals surface area contributed by atoms with Crippen LogP contribution in [0.2, 0.25) is 0 Å². The maximum absolute atomic E-state index is 12.0. The Morgan fingerprint density at radius 2 is 2.17 bits per heavy atom. The molecular weight excluding hydrogens is 306 g/mol. The largest absolute Gasteiger partial charge is 0.465 e. The smallest absolute Gasteiger partial charge is 0.338 e. The molecule has 1 aromatic carbocycles. The van der Waals surface area contributed by atoms with Gasteiger partial charge in [-0.15, -0.1) is 5.10 Å². The zero-order chi connectivity index (χ0) is 16.8. The van der Waals surface area contributed by atoms with Crippen LogP contribution in [0, 0.1) is 6.92 Å². The number of methoxy groups -OCH3 is 1. The van der Waals surface area contributed by atoms with Gasteiger partial charge in [0.2, 0.25) is 0 Å². The van der Waals surface area contributed by atoms with Gasteiger partial charge < -0.3 is 4.74 Å². The van der Waals surface area contributed by atoms with E-state index in [1.54, 1.807) is 16.8 Å². The zero-order valence-corrected chi connectivity index (χ0v) is 13.6. The van der Waals surface area contributed by atoms with E-state index in [4.69, 9.17) is 4.74 Å². The minimum atomic E-state index is -0.382. The van der Waals surface area contributed by atoms with Crippen molar-refractivity contribution in [1.29, 1.82) is 0 Å². The first-order chi connectivity index (χ1) is 11.6. The molecule has 3 heterocycles. The Kier molecular flexibility index (Phi) is 3.16. The van der Waals surface area contributed by atoms with Gasteiger partial charge in [0.25, 0.3) is 0 Å². The van der Waals surface area contributed by atoms with E-state index < -0.39 is 0 Å². The Hall–Kier alpha value is -3.09. The maximum Gasteiger partial charge on any atom is 0.338 e. The van der Waals surface area contributed by atoms with Crippen LogP contribution in [-0.4, -0.2) is 46.0 Å². The summed E-state index contributed by atoms with van der Waals surface area (Å²) in [6.07, 6.45) is 2.00. The number of aromatic nitrogens is 3. The third-order valence-electron chi connectivity index (χ3n) is 4.19. The van der Waals surface area contributed by atoms with Crippen molar-refractivity contribution in [3.8, 4) is 0 Å². The molecule has 0 radical (unpaired) electrons. The molecule has 120 valence electrons. The van der Waals surface area contributed by atoms with Gasteiger partial charge in [-0.05, 0) is 25.1 Å². The fourth-order valence-corrected chi connectivity index (χ4v) is 3.15. The van der Waals surface area contributed by atoms with Crippen LogP contribution in [0.3, 0.4) is 0 Å². The van der Waals surface area contributed by atoms with E-state index in [9.17, 15) is 4.79 Å². The zero-order valence-electron chi connectivity index (χ0n) is 13.6. The van der Waals surface area contributed by atoms with Gasteiger partial charge in [0.1, 0.15) is 0 Å². The number of rotatable bonds is 2. The molecule has 4 rings (SSSR count). The monoisotopic (exact) mass is 321 g/mol. The number of fused-ring (bicyclic) bond motifs is 3. The molecule has 0 bridgehead atoms. The van der Waals surface area contributed by atoms with Crippen molar-refractivity contribution in [2.24, 2.45) is 17.0 Å². The summed E-state index contributed by atoms with van der Waals surface area (Å²) in [5.74, 6) is -0.382. The number of carbonyl (C=O) groups is 1. The van der Waals surface area contributed by atoms with Gasteiger partial charge >= 0.3 is 5.97 Å². The minimum Gasteiger partial charge on any atom is -0.465 e. The van der Waals surface area contributed by atoms with Crippen molar-refractivity contribution in [3.05, 3.63) is 46.8 Å². The minimum absolute atomic E-state index is 0.382. The first kappa shape index (κ1) is 14.5. The van der Waals surface area contributed by atoms with Gasteiger partial charge in [0.15, 0.2) is 0 Å². The van der Waals surface area contributed by atoms with Crippen LogP contribution >= 0.6 is 0 Å². The average molecular weight is 321 g/mol. The number of ether oxygens (including phenoxy) is 1. The number of nitrogens with zero attached hydrogens (tertiary/aromatic N) is 5. The van der Waals surface area contributed by atoms with Crippen LogP contribution < -0.4 is 0 Å². The van der Waals surface area contributed by atoms with E-state index in [0.717, 1.165) is 39.6 Å². The summed E-state index contributed by atoms with van der Waals surface area (Å²) in [6, 6.07) is 5.41. The number of aliphatic imine (C=N–C) groups is 2. The lowest BCUT2D eigenvalue weighted by molar-refractivity contribution is 0.0600. The third-order valence-corrected chi connectivity index (χ3v) is 4.19. The normalized spacial score (nSPS) is 15.2. The van der Waals surface area contributed by atoms with Crippen molar-refractivity contribution in [1.82, 2.24) is 15.0 Å². The van der Waals surface area contributed by atoms with Crippen LogP contribution in [0.25, 0.3) is 5.57 Å². The van der Waals surface area contributed by atoms with Crippen molar-refractivity contribution in [3.63, 3.8) is 0 Å². The van der Waals surface area contributed by atoms with Crippen molar-refractivity contribution < 1.29 is 9.53 Å². The summed E-state index contributed by atoms with van der Waals surface area (Å²) < 4.78 is 6.61. The van der Waals surface area contributed by atoms with Crippen LogP contribution in [0.15, 0.2) is 34.3 Å². The fourth-order valence-electron chi connectivity index (χ4n) is 3.15. The highest BCUT2D eigenvalue weighted by atomic mass is 16.5. The molecule has 2 aliphatic rings. The maximum atomic E-state index is 12.0. The molecule has 24 heavy (non-hydrogen) atoms. The first-order valence-electron chi connectivity index (χ1n) is 7.52. The lowest BCUT2D eigenvalue weighted by atomic mass is 9.97. The standard InChI is InChI=1S/C17H15N5O2/c1-9-16(22(2)21-20-9)10-7-13-15(18-8-10)14-11(17(23)24-3)5-4-6-12(14)19-13/h4-7H,8H2,1-3H3. The molecular formula is C17H15N5O2. The molecule has 0 amide bonds. The number of aryl methyl sites for hydroxylation is 2. The van der Waals surface area contributed by atoms with E-state index in [1.807, 2.05) is 26.1 Å². The van der Waals surface area contributed by atoms with Crippen molar-refractivity contribution in [2.75, 3.05) is 13.7 Å². The predicted molar refractivity (Wildman–Crippen MR) is 90.0 cm³/mol. The number of carbonyl (C=O) groups excluding carboxylic acids is 1. The first-order valence-corrected chi connectivity index (χ1v) is 7.52. The van der Waals surface area contributed by atoms with E-state index in [-0.39, 0.29) is 5.97 Å². The molecule has 0 spiro atoms. The quantitative estimate of drug-likeness (QED) is 0.791. The number of hydrogen-bond acceptors (Lipinski definition) is 6. The molecule has 0 N–H and O–H groups in total. The number of benzene rings is 1. The molecule has 0 atom stereocenters. The number of hydrogen-bond donors (Lipinski definition) is 0. The molecule has 1 aromatic heterocycles. The molecule has 7 heteroatoms. The molecule has 0 saturated heterocycles. The van der Waals surface area contributed by atoms with Crippen molar-refractivity contribution in [2.45, 2.75) is 6.92 Å². The number of esters is 1. The van der Waals surface area contributed by atoms with Gasteiger partial charge in [-0.3, -0.25) is 4.99 Å². The van der Waals surface area contributed by atoms with E-state index in [0.29, 0.717) is 12.1 Å². The molecule has 0 saturated carbocycles. The molecule has 7 nitrogen and oxygen atoms in total. The summed E-state index contributed by atoms with van der Waals surface area (Å²) in [5.41, 5.74) is 6.28. The topological polar surface area (TPSA) is 81.7 Å². The van der Waals surface area contributed by atoms with Crippen LogP contribution in [0.1, 0.15) is 27.3 Å². The highest BCUT2D eigenvalue weighted by molar-refractivity contribution is 6.57. The Bertz CT molecular complexity index is 946. The van der Waals surface area contributed by atoms with Gasteiger partial charge in [-0.1, -0.05) is 11.3 Å². The predicted octanol–water partition coefficient (Wildman–Crippen LogP) is 1.88. The van der Waals surface area contributed by atoms with Gasteiger partial charge in [0.05, 0.1) is 47.7 Å². The van der Waals surface area contributed by atoms with Gasteiger partial charge in [0, 0.05) is 18.2 Å². The van der Waals surface area contributed by atoms with Gasteiger partial charge in [-0.25, -0.2) is 14.5 Å². The number of dihydropyridines is 1. The average Bonchev–Trinajstić information content (AvgIpc) is 3.12. The second-order valence-electron chi connectivity index (χ2n) is 5.67. The van der Waals surface area contributed by atoms with Crippen LogP contribution in [0.4, 0.5) is 5.69 Å². The number of allylic oxidation sites excluding steroid dienone is 1. The SMILES string of the molecule is COC(=O)c1cccc2c1C1=NCC(c3c(C)nnn3C)=CC1=N2. The Labute approximate surface area is 138 Å². The highest BCUT2D eigenvalue weighted by Gasteiger charge is 2.30.